The molecule has 124 valence electrons. The second kappa shape index (κ2) is 6.48. The average Bonchev–Trinajstić information content (AvgIpc) is 2.81. The highest BCUT2D eigenvalue weighted by molar-refractivity contribution is 5.83. The number of aromatic nitrogens is 2. The van der Waals surface area contributed by atoms with Crippen molar-refractivity contribution in [1.82, 2.24) is 14.7 Å². The number of aryl methyl sites for hydroxylation is 2. The molecule has 1 heterocycles. The molecule has 4 heteroatoms. The third kappa shape index (κ3) is 3.18. The molecule has 0 saturated carbocycles. The van der Waals surface area contributed by atoms with Gasteiger partial charge in [-0.05, 0) is 36.2 Å². The van der Waals surface area contributed by atoms with Gasteiger partial charge in [-0.25, -0.2) is 0 Å². The minimum absolute atomic E-state index is 0.113. The van der Waals surface area contributed by atoms with Crippen LogP contribution in [-0.2, 0) is 24.8 Å². The van der Waals surface area contributed by atoms with E-state index in [2.05, 4.69) is 35.4 Å². The molecule has 0 N–H and O–H groups in total. The van der Waals surface area contributed by atoms with Gasteiger partial charge in [-0.15, -0.1) is 0 Å². The highest BCUT2D eigenvalue weighted by Gasteiger charge is 2.16. The molecule has 0 aliphatic carbocycles. The van der Waals surface area contributed by atoms with E-state index >= 15 is 0 Å². The first kappa shape index (κ1) is 16.2. The lowest BCUT2D eigenvalue weighted by atomic mass is 10.1. The zero-order valence-corrected chi connectivity index (χ0v) is 14.7. The number of nitrogens with zero attached hydrogens (tertiary/aromatic N) is 3. The number of likely N-dealkylation sites (N-methyl/N-ethyl adjacent to an activating group) is 1. The first-order valence-electron chi connectivity index (χ1n) is 8.16. The van der Waals surface area contributed by atoms with E-state index < -0.39 is 0 Å². The van der Waals surface area contributed by atoms with Crippen LogP contribution in [0.3, 0.4) is 0 Å². The van der Waals surface area contributed by atoms with E-state index in [4.69, 9.17) is 0 Å². The third-order valence-electron chi connectivity index (χ3n) is 4.65. The Kier molecular flexibility index (Phi) is 4.38. The maximum absolute atomic E-state index is 12.6. The van der Waals surface area contributed by atoms with Gasteiger partial charge in [0.05, 0.1) is 12.1 Å². The number of fused-ring (bicyclic) bond motifs is 1. The number of benzene rings is 2. The number of carbonyl (C=O) groups is 1. The van der Waals surface area contributed by atoms with Crippen LogP contribution in [0.2, 0.25) is 0 Å². The minimum Gasteiger partial charge on any atom is -0.341 e. The number of carbonyl (C=O) groups excluding carboxylic acids is 1. The van der Waals surface area contributed by atoms with Gasteiger partial charge in [0.25, 0.3) is 0 Å². The fraction of sp³-hybridized carbons (Fsp3) is 0.300. The van der Waals surface area contributed by atoms with Crippen LogP contribution < -0.4 is 0 Å². The van der Waals surface area contributed by atoms with Gasteiger partial charge in [-0.3, -0.25) is 9.48 Å². The van der Waals surface area contributed by atoms with Crippen molar-refractivity contribution in [3.63, 3.8) is 0 Å². The topological polar surface area (TPSA) is 38.1 Å². The van der Waals surface area contributed by atoms with Crippen molar-refractivity contribution in [3.05, 3.63) is 65.0 Å². The number of amides is 1. The van der Waals surface area contributed by atoms with Crippen LogP contribution in [-0.4, -0.2) is 27.6 Å². The normalized spacial score (nSPS) is 11.0. The highest BCUT2D eigenvalue weighted by atomic mass is 16.2. The van der Waals surface area contributed by atoms with Crippen LogP contribution >= 0.6 is 0 Å². The summed E-state index contributed by atoms with van der Waals surface area (Å²) in [6.07, 6.45) is 0.398. The Bertz CT molecular complexity index is 895. The molecule has 3 aromatic rings. The van der Waals surface area contributed by atoms with Crippen LogP contribution in [0.25, 0.3) is 10.8 Å². The zero-order chi connectivity index (χ0) is 17.3. The summed E-state index contributed by atoms with van der Waals surface area (Å²) in [7, 11) is 3.77. The number of rotatable bonds is 4. The molecule has 0 atom stereocenters. The van der Waals surface area contributed by atoms with Gasteiger partial charge < -0.3 is 4.90 Å². The zero-order valence-electron chi connectivity index (χ0n) is 14.7. The largest absolute Gasteiger partial charge is 0.341 e. The Labute approximate surface area is 142 Å². The predicted octanol–water partition coefficient (Wildman–Crippen LogP) is 3.39. The SMILES string of the molecule is Cc1nn(C)c(C)c1CC(=O)N(C)Cc1ccc2ccccc2c1. The van der Waals surface area contributed by atoms with Crippen molar-refractivity contribution in [2.75, 3.05) is 7.05 Å². The summed E-state index contributed by atoms with van der Waals surface area (Å²) >= 11 is 0. The molecule has 0 bridgehead atoms. The maximum atomic E-state index is 12.6. The minimum atomic E-state index is 0.113. The van der Waals surface area contributed by atoms with E-state index in [-0.39, 0.29) is 5.91 Å². The predicted molar refractivity (Wildman–Crippen MR) is 96.8 cm³/mol. The molecule has 1 amide bonds. The Morgan fingerprint density at radius 3 is 2.50 bits per heavy atom. The fourth-order valence-corrected chi connectivity index (χ4v) is 3.06. The molecule has 2 aromatic carbocycles. The molecular formula is C20H23N3O. The quantitative estimate of drug-likeness (QED) is 0.739. The van der Waals surface area contributed by atoms with Crippen molar-refractivity contribution >= 4 is 16.7 Å². The first-order valence-corrected chi connectivity index (χ1v) is 8.16. The lowest BCUT2D eigenvalue weighted by Gasteiger charge is -2.18. The molecule has 0 fully saturated rings. The summed E-state index contributed by atoms with van der Waals surface area (Å²) in [6, 6.07) is 14.6. The molecule has 0 saturated heterocycles. The van der Waals surface area contributed by atoms with E-state index in [0.717, 1.165) is 22.5 Å². The van der Waals surface area contributed by atoms with Crippen LogP contribution in [0.5, 0.6) is 0 Å². The molecule has 0 aliphatic heterocycles. The fourth-order valence-electron chi connectivity index (χ4n) is 3.06. The van der Waals surface area contributed by atoms with Gasteiger partial charge >= 0.3 is 0 Å². The second-order valence-corrected chi connectivity index (χ2v) is 6.38. The molecule has 4 nitrogen and oxygen atoms in total. The van der Waals surface area contributed by atoms with Crippen molar-refractivity contribution in [2.24, 2.45) is 7.05 Å². The Hall–Kier alpha value is -2.62. The smallest absolute Gasteiger partial charge is 0.227 e. The number of hydrogen-bond donors (Lipinski definition) is 0. The standard InChI is InChI=1S/C20H23N3O/c1-14-19(15(2)23(4)21-14)12-20(24)22(3)13-16-9-10-17-7-5-6-8-18(17)11-16/h5-11H,12-13H2,1-4H3. The molecule has 24 heavy (non-hydrogen) atoms. The van der Waals surface area contributed by atoms with E-state index in [1.54, 1.807) is 4.90 Å². The van der Waals surface area contributed by atoms with E-state index in [0.29, 0.717) is 13.0 Å². The summed E-state index contributed by atoms with van der Waals surface area (Å²) in [5.74, 6) is 0.113. The first-order chi connectivity index (χ1) is 11.5. The lowest BCUT2D eigenvalue weighted by molar-refractivity contribution is -0.129. The summed E-state index contributed by atoms with van der Waals surface area (Å²) in [5, 5.41) is 6.81. The number of hydrogen-bond acceptors (Lipinski definition) is 2. The van der Waals surface area contributed by atoms with Gasteiger partial charge in [0, 0.05) is 31.9 Å². The molecule has 0 radical (unpaired) electrons. The highest BCUT2D eigenvalue weighted by Crippen LogP contribution is 2.18. The van der Waals surface area contributed by atoms with Crippen LogP contribution in [0, 0.1) is 13.8 Å². The molecule has 3 rings (SSSR count). The summed E-state index contributed by atoms with van der Waals surface area (Å²) in [6.45, 7) is 4.58. The molecule has 0 spiro atoms. The van der Waals surface area contributed by atoms with Gasteiger partial charge in [0.2, 0.25) is 5.91 Å². The van der Waals surface area contributed by atoms with Crippen molar-refractivity contribution in [1.29, 1.82) is 0 Å². The Morgan fingerprint density at radius 1 is 1.12 bits per heavy atom. The van der Waals surface area contributed by atoms with E-state index in [1.807, 2.05) is 44.8 Å². The van der Waals surface area contributed by atoms with E-state index in [1.165, 1.54) is 10.8 Å². The Balaban J connectivity index is 1.73. The summed E-state index contributed by atoms with van der Waals surface area (Å²) < 4.78 is 1.83. The Morgan fingerprint density at radius 2 is 1.83 bits per heavy atom. The molecule has 1 aromatic heterocycles. The van der Waals surface area contributed by atoms with Crippen molar-refractivity contribution in [2.45, 2.75) is 26.8 Å². The summed E-state index contributed by atoms with van der Waals surface area (Å²) in [4.78, 5) is 14.4. The molecular weight excluding hydrogens is 298 g/mol. The van der Waals surface area contributed by atoms with Gasteiger partial charge in [0.1, 0.15) is 0 Å². The van der Waals surface area contributed by atoms with Crippen LogP contribution in [0.4, 0.5) is 0 Å². The summed E-state index contributed by atoms with van der Waals surface area (Å²) in [5.41, 5.74) is 4.17. The second-order valence-electron chi connectivity index (χ2n) is 6.38. The van der Waals surface area contributed by atoms with E-state index in [9.17, 15) is 4.79 Å². The monoisotopic (exact) mass is 321 g/mol. The lowest BCUT2D eigenvalue weighted by Crippen LogP contribution is -2.28. The average molecular weight is 321 g/mol. The van der Waals surface area contributed by atoms with Gasteiger partial charge in [-0.1, -0.05) is 36.4 Å². The van der Waals surface area contributed by atoms with Crippen molar-refractivity contribution < 1.29 is 4.79 Å². The van der Waals surface area contributed by atoms with Gasteiger partial charge in [0.15, 0.2) is 0 Å². The molecule has 0 unspecified atom stereocenters. The third-order valence-corrected chi connectivity index (χ3v) is 4.65. The van der Waals surface area contributed by atoms with Crippen LogP contribution in [0.1, 0.15) is 22.5 Å². The van der Waals surface area contributed by atoms with Crippen LogP contribution in [0.15, 0.2) is 42.5 Å². The van der Waals surface area contributed by atoms with Crippen molar-refractivity contribution in [3.8, 4) is 0 Å². The maximum Gasteiger partial charge on any atom is 0.227 e. The molecule has 0 aliphatic rings. The van der Waals surface area contributed by atoms with Gasteiger partial charge in [-0.2, -0.15) is 5.10 Å².